The molecule has 0 spiro atoms. The Bertz CT molecular complexity index is 715. The molecule has 1 amide bonds. The first-order chi connectivity index (χ1) is 13.3. The van der Waals surface area contributed by atoms with Gasteiger partial charge in [-0.3, -0.25) is 9.59 Å². The minimum absolute atomic E-state index is 0.0674. The second-order valence-electron chi connectivity index (χ2n) is 9.97. The van der Waals surface area contributed by atoms with Crippen LogP contribution in [0.2, 0.25) is 0 Å². The molecule has 1 aliphatic heterocycles. The Morgan fingerprint density at radius 3 is 2.54 bits per heavy atom. The van der Waals surface area contributed by atoms with Crippen LogP contribution in [0.25, 0.3) is 0 Å². The van der Waals surface area contributed by atoms with Gasteiger partial charge in [0, 0.05) is 43.1 Å². The Morgan fingerprint density at radius 1 is 1.14 bits per heavy atom. The number of allylic oxidation sites excluding steroid dienone is 2. The number of ketones is 1. The van der Waals surface area contributed by atoms with E-state index in [0.717, 1.165) is 49.1 Å². The van der Waals surface area contributed by atoms with Crippen LogP contribution in [0.1, 0.15) is 66.2 Å². The van der Waals surface area contributed by atoms with Crippen molar-refractivity contribution in [3.8, 4) is 0 Å². The van der Waals surface area contributed by atoms with Crippen LogP contribution in [0, 0.1) is 34.5 Å². The normalized spacial score (nSPS) is 42.4. The number of carbonyl (C=O) groups excluding carboxylic acids is 2. The quantitative estimate of drug-likeness (QED) is 0.688. The van der Waals surface area contributed by atoms with Gasteiger partial charge < -0.3 is 10.2 Å². The lowest BCUT2D eigenvalue weighted by molar-refractivity contribution is -0.142. The Hall–Kier alpha value is -0.840. The molecule has 1 heterocycles. The van der Waals surface area contributed by atoms with Gasteiger partial charge in [0.2, 0.25) is 5.91 Å². The summed E-state index contributed by atoms with van der Waals surface area (Å²) >= 11 is 3.59. The van der Waals surface area contributed by atoms with Crippen molar-refractivity contribution in [2.75, 3.05) is 19.6 Å². The van der Waals surface area contributed by atoms with Gasteiger partial charge >= 0.3 is 0 Å². The monoisotopic (exact) mass is 450 g/mol. The molecular weight excluding hydrogens is 416 g/mol. The average molecular weight is 451 g/mol. The standard InChI is InChI=1S/C23H35BrN2O2/c1-5-26(6-2)21(28)17-8-7-15-14-13-25-20-19(24)18(27)10-12-23(20,4)16(14)9-11-22(15,17)3/h14-17,25H,5-13H2,1-4H3/t14-,15-,16-,17+,22-,23+/m0/s1. The fourth-order valence-corrected chi connectivity index (χ4v) is 8.18. The molecule has 3 fully saturated rings. The number of rotatable bonds is 3. The zero-order valence-corrected chi connectivity index (χ0v) is 19.4. The molecule has 156 valence electrons. The molecule has 0 unspecified atom stereocenters. The molecule has 4 aliphatic rings. The highest BCUT2D eigenvalue weighted by atomic mass is 79.9. The van der Waals surface area contributed by atoms with Gasteiger partial charge in [0.15, 0.2) is 5.78 Å². The number of hydrogen-bond acceptors (Lipinski definition) is 3. The second-order valence-corrected chi connectivity index (χ2v) is 10.8. The van der Waals surface area contributed by atoms with Crippen molar-refractivity contribution in [3.63, 3.8) is 0 Å². The summed E-state index contributed by atoms with van der Waals surface area (Å²) in [6, 6.07) is 0. The highest BCUT2D eigenvalue weighted by Crippen LogP contribution is 2.64. The van der Waals surface area contributed by atoms with E-state index in [2.05, 4.69) is 48.9 Å². The summed E-state index contributed by atoms with van der Waals surface area (Å²) in [7, 11) is 0. The molecule has 0 radical (unpaired) electrons. The minimum Gasteiger partial charge on any atom is -0.387 e. The van der Waals surface area contributed by atoms with Gasteiger partial charge in [0.1, 0.15) is 0 Å². The lowest BCUT2D eigenvalue weighted by Crippen LogP contribution is -2.57. The van der Waals surface area contributed by atoms with E-state index in [0.29, 0.717) is 30.1 Å². The van der Waals surface area contributed by atoms with E-state index >= 15 is 0 Å². The lowest BCUT2D eigenvalue weighted by atomic mass is 9.50. The minimum atomic E-state index is 0.0674. The third-order valence-corrected chi connectivity index (χ3v) is 9.89. The number of nitrogens with zero attached hydrogens (tertiary/aromatic N) is 1. The smallest absolute Gasteiger partial charge is 0.226 e. The summed E-state index contributed by atoms with van der Waals surface area (Å²) in [4.78, 5) is 27.5. The van der Waals surface area contributed by atoms with E-state index in [1.54, 1.807) is 0 Å². The highest BCUT2D eigenvalue weighted by Gasteiger charge is 2.61. The molecule has 1 saturated heterocycles. The number of hydrogen-bond donors (Lipinski definition) is 1. The third kappa shape index (κ3) is 2.74. The summed E-state index contributed by atoms with van der Waals surface area (Å²) in [6.45, 7) is 11.5. The molecule has 0 aromatic rings. The zero-order chi connectivity index (χ0) is 20.3. The summed E-state index contributed by atoms with van der Waals surface area (Å²) in [5.41, 5.74) is 1.35. The number of carbonyl (C=O) groups is 2. The van der Waals surface area contributed by atoms with E-state index in [9.17, 15) is 9.59 Å². The van der Waals surface area contributed by atoms with Gasteiger partial charge in [0.25, 0.3) is 0 Å². The maximum Gasteiger partial charge on any atom is 0.226 e. The van der Waals surface area contributed by atoms with Crippen molar-refractivity contribution in [2.45, 2.75) is 66.2 Å². The Balaban J connectivity index is 1.62. The summed E-state index contributed by atoms with van der Waals surface area (Å²) in [5, 5.41) is 3.68. The van der Waals surface area contributed by atoms with E-state index in [1.165, 1.54) is 12.8 Å². The first kappa shape index (κ1) is 20.4. The zero-order valence-electron chi connectivity index (χ0n) is 17.8. The third-order valence-electron chi connectivity index (χ3n) is 9.05. The molecule has 0 aromatic carbocycles. The lowest BCUT2D eigenvalue weighted by Gasteiger charge is -2.58. The molecule has 0 bridgehead atoms. The topological polar surface area (TPSA) is 49.4 Å². The van der Waals surface area contributed by atoms with Crippen LogP contribution in [0.15, 0.2) is 10.2 Å². The van der Waals surface area contributed by atoms with E-state index in [4.69, 9.17) is 0 Å². The molecule has 28 heavy (non-hydrogen) atoms. The van der Waals surface area contributed by atoms with Crippen molar-refractivity contribution >= 4 is 27.6 Å². The average Bonchev–Trinajstić information content (AvgIpc) is 3.03. The number of nitrogens with one attached hydrogen (secondary N) is 1. The summed E-state index contributed by atoms with van der Waals surface area (Å²) in [6.07, 6.45) is 6.14. The van der Waals surface area contributed by atoms with Gasteiger partial charge in [-0.1, -0.05) is 13.8 Å². The summed E-state index contributed by atoms with van der Waals surface area (Å²) in [5.74, 6) is 2.64. The first-order valence-electron chi connectivity index (χ1n) is 11.2. The molecule has 4 nitrogen and oxygen atoms in total. The van der Waals surface area contributed by atoms with Crippen LogP contribution < -0.4 is 5.32 Å². The van der Waals surface area contributed by atoms with Crippen LogP contribution in [0.4, 0.5) is 0 Å². The largest absolute Gasteiger partial charge is 0.387 e. The second kappa shape index (κ2) is 7.14. The van der Waals surface area contributed by atoms with Gasteiger partial charge in [-0.25, -0.2) is 0 Å². The Labute approximate surface area is 178 Å². The molecule has 2 saturated carbocycles. The van der Waals surface area contributed by atoms with E-state index in [-0.39, 0.29) is 22.5 Å². The van der Waals surface area contributed by atoms with Crippen molar-refractivity contribution in [3.05, 3.63) is 10.2 Å². The summed E-state index contributed by atoms with van der Waals surface area (Å²) < 4.78 is 0.786. The molecule has 0 aromatic heterocycles. The van der Waals surface area contributed by atoms with Crippen molar-refractivity contribution < 1.29 is 9.59 Å². The van der Waals surface area contributed by atoms with Gasteiger partial charge in [0.05, 0.1) is 4.48 Å². The molecular formula is C23H35BrN2O2. The predicted octanol–water partition coefficient (Wildman–Crippen LogP) is 4.49. The van der Waals surface area contributed by atoms with E-state index in [1.807, 2.05) is 4.90 Å². The van der Waals surface area contributed by atoms with E-state index < -0.39 is 0 Å². The Morgan fingerprint density at radius 2 is 1.86 bits per heavy atom. The van der Waals surface area contributed by atoms with Gasteiger partial charge in [-0.2, -0.15) is 0 Å². The number of halogens is 1. The number of piperidine rings is 1. The van der Waals surface area contributed by atoms with Crippen molar-refractivity contribution in [2.24, 2.45) is 34.5 Å². The molecule has 4 rings (SSSR count). The first-order valence-corrected chi connectivity index (χ1v) is 12.0. The predicted molar refractivity (Wildman–Crippen MR) is 115 cm³/mol. The fraction of sp³-hybridized carbons (Fsp3) is 0.826. The van der Waals surface area contributed by atoms with Gasteiger partial charge in [-0.15, -0.1) is 0 Å². The number of amides is 1. The molecule has 6 atom stereocenters. The number of fused-ring (bicyclic) bond motifs is 5. The maximum absolute atomic E-state index is 13.3. The van der Waals surface area contributed by atoms with Crippen LogP contribution in [-0.4, -0.2) is 36.2 Å². The molecule has 3 aliphatic carbocycles. The fourth-order valence-electron chi connectivity index (χ4n) is 7.39. The number of Topliss-reactive ketones (excluding diaryl/α,β-unsaturated/α-hetero) is 1. The SMILES string of the molecule is CCN(CC)C(=O)[C@H]1CC[C@H]2[C@@H]3CNC4=C(Br)C(=O)CC[C@]4(C)[C@H]3CC[C@]12C. The highest BCUT2D eigenvalue weighted by molar-refractivity contribution is 9.12. The maximum atomic E-state index is 13.3. The van der Waals surface area contributed by atoms with Crippen molar-refractivity contribution in [1.82, 2.24) is 10.2 Å². The van der Waals surface area contributed by atoms with Gasteiger partial charge in [-0.05, 0) is 85.1 Å². The molecule has 1 N–H and O–H groups in total. The van der Waals surface area contributed by atoms with Crippen molar-refractivity contribution in [1.29, 1.82) is 0 Å². The van der Waals surface area contributed by atoms with Crippen LogP contribution in [0.3, 0.4) is 0 Å². The van der Waals surface area contributed by atoms with Crippen LogP contribution >= 0.6 is 15.9 Å². The molecule has 5 heteroatoms. The Kier molecular flexibility index (Phi) is 5.21. The van der Waals surface area contributed by atoms with Crippen LogP contribution in [0.5, 0.6) is 0 Å². The van der Waals surface area contributed by atoms with Crippen LogP contribution in [-0.2, 0) is 9.59 Å².